The molecule has 1 heterocycles. The lowest BCUT2D eigenvalue weighted by atomic mass is 9.86. The predicted molar refractivity (Wildman–Crippen MR) is 148 cm³/mol. The van der Waals surface area contributed by atoms with Gasteiger partial charge in [-0.05, 0) is 72.9 Å². The van der Waals surface area contributed by atoms with E-state index in [1.165, 1.54) is 17.3 Å². The van der Waals surface area contributed by atoms with E-state index in [0.29, 0.717) is 34.9 Å². The van der Waals surface area contributed by atoms with Crippen molar-refractivity contribution in [3.05, 3.63) is 94.1 Å². The molecule has 8 heteroatoms. The SMILES string of the molecule is CC(OC(=O)Nc1cnoc1-c1ccc(-c2ccc(C3(C(=O)O)CC3)c3c2CCC3)cc1)c1ccccc1Cl. The van der Waals surface area contributed by atoms with E-state index in [9.17, 15) is 14.7 Å². The monoisotopic (exact) mass is 542 g/mol. The normalized spacial score (nSPS) is 15.8. The van der Waals surface area contributed by atoms with E-state index in [4.69, 9.17) is 20.9 Å². The van der Waals surface area contributed by atoms with Crippen LogP contribution >= 0.6 is 11.6 Å². The highest BCUT2D eigenvalue weighted by atomic mass is 35.5. The smallest absolute Gasteiger partial charge is 0.412 e. The Morgan fingerprint density at radius 3 is 2.46 bits per heavy atom. The summed E-state index contributed by atoms with van der Waals surface area (Å²) in [5, 5.41) is 16.9. The molecular formula is C31H27ClN2O5. The number of fused-ring (bicyclic) bond motifs is 1. The number of carbonyl (C=O) groups excluding carboxylic acids is 1. The lowest BCUT2D eigenvalue weighted by Gasteiger charge is -2.18. The van der Waals surface area contributed by atoms with E-state index in [0.717, 1.165) is 41.5 Å². The highest BCUT2D eigenvalue weighted by Crippen LogP contribution is 2.52. The van der Waals surface area contributed by atoms with Gasteiger partial charge in [0, 0.05) is 16.1 Å². The molecule has 4 aromatic rings. The zero-order valence-corrected chi connectivity index (χ0v) is 22.1. The molecule has 1 atom stereocenters. The summed E-state index contributed by atoms with van der Waals surface area (Å²) >= 11 is 6.22. The molecular weight excluding hydrogens is 516 g/mol. The third kappa shape index (κ3) is 4.57. The Balaban J connectivity index is 1.20. The molecule has 1 fully saturated rings. The van der Waals surface area contributed by atoms with E-state index in [1.54, 1.807) is 13.0 Å². The third-order valence-corrected chi connectivity index (χ3v) is 8.20. The Labute approximate surface area is 230 Å². The first-order valence-corrected chi connectivity index (χ1v) is 13.4. The van der Waals surface area contributed by atoms with Gasteiger partial charge in [0.1, 0.15) is 11.8 Å². The summed E-state index contributed by atoms with van der Waals surface area (Å²) in [5.74, 6) is -0.297. The second kappa shape index (κ2) is 9.89. The Bertz CT molecular complexity index is 1570. The number of aromatic nitrogens is 1. The van der Waals surface area contributed by atoms with E-state index < -0.39 is 23.6 Å². The van der Waals surface area contributed by atoms with Gasteiger partial charge in [0.2, 0.25) is 0 Å². The molecule has 1 saturated carbocycles. The van der Waals surface area contributed by atoms with E-state index in [1.807, 2.05) is 48.5 Å². The number of carboxylic acids is 1. The van der Waals surface area contributed by atoms with Gasteiger partial charge in [0.25, 0.3) is 0 Å². The van der Waals surface area contributed by atoms with Crippen LogP contribution in [0.3, 0.4) is 0 Å². The minimum absolute atomic E-state index is 0.396. The number of hydrogen-bond donors (Lipinski definition) is 2. The molecule has 2 N–H and O–H groups in total. The lowest BCUT2D eigenvalue weighted by molar-refractivity contribution is -0.140. The molecule has 2 aliphatic rings. The van der Waals surface area contributed by atoms with Crippen molar-refractivity contribution < 1.29 is 24.0 Å². The van der Waals surface area contributed by atoms with Gasteiger partial charge in [-0.2, -0.15) is 0 Å². The zero-order valence-electron chi connectivity index (χ0n) is 21.4. The zero-order chi connectivity index (χ0) is 27.1. The fourth-order valence-electron chi connectivity index (χ4n) is 5.65. The molecule has 7 nitrogen and oxygen atoms in total. The van der Waals surface area contributed by atoms with Crippen LogP contribution in [-0.2, 0) is 27.8 Å². The van der Waals surface area contributed by atoms with Crippen LogP contribution < -0.4 is 5.32 Å². The van der Waals surface area contributed by atoms with Gasteiger partial charge in [-0.3, -0.25) is 10.1 Å². The van der Waals surface area contributed by atoms with Crippen molar-refractivity contribution in [2.75, 3.05) is 5.32 Å². The molecule has 0 saturated heterocycles. The fraction of sp³-hybridized carbons (Fsp3) is 0.258. The van der Waals surface area contributed by atoms with Gasteiger partial charge in [-0.15, -0.1) is 0 Å². The molecule has 1 aromatic heterocycles. The number of carbonyl (C=O) groups is 2. The molecule has 3 aromatic carbocycles. The van der Waals surface area contributed by atoms with Gasteiger partial charge >= 0.3 is 12.1 Å². The van der Waals surface area contributed by atoms with Crippen LogP contribution in [0, 0.1) is 0 Å². The molecule has 39 heavy (non-hydrogen) atoms. The van der Waals surface area contributed by atoms with Gasteiger partial charge < -0.3 is 14.4 Å². The largest absolute Gasteiger partial charge is 0.481 e. The summed E-state index contributed by atoms with van der Waals surface area (Å²) in [6.45, 7) is 1.75. The maximum atomic E-state index is 12.6. The van der Waals surface area contributed by atoms with E-state index >= 15 is 0 Å². The average molecular weight is 543 g/mol. The van der Waals surface area contributed by atoms with Gasteiger partial charge in [-0.1, -0.05) is 71.4 Å². The van der Waals surface area contributed by atoms with Gasteiger partial charge in [0.15, 0.2) is 5.76 Å². The second-order valence-corrected chi connectivity index (χ2v) is 10.6. The molecule has 198 valence electrons. The minimum Gasteiger partial charge on any atom is -0.481 e. The molecule has 0 aliphatic heterocycles. The number of ether oxygens (including phenoxy) is 1. The summed E-state index contributed by atoms with van der Waals surface area (Å²) in [6.07, 6.45) is 4.57. The number of hydrogen-bond acceptors (Lipinski definition) is 5. The molecule has 0 radical (unpaired) electrons. The van der Waals surface area contributed by atoms with Crippen LogP contribution in [0.1, 0.15) is 54.5 Å². The summed E-state index contributed by atoms with van der Waals surface area (Å²) in [6, 6.07) is 19.2. The number of halogens is 1. The van der Waals surface area contributed by atoms with Crippen molar-refractivity contribution >= 4 is 29.4 Å². The van der Waals surface area contributed by atoms with Crippen molar-refractivity contribution in [1.82, 2.24) is 5.16 Å². The number of anilines is 1. The number of benzene rings is 3. The Hall–Kier alpha value is -4.10. The van der Waals surface area contributed by atoms with Crippen LogP contribution in [0.4, 0.5) is 10.5 Å². The summed E-state index contributed by atoms with van der Waals surface area (Å²) < 4.78 is 11.0. The fourth-order valence-corrected chi connectivity index (χ4v) is 5.94. The van der Waals surface area contributed by atoms with Crippen LogP contribution in [0.5, 0.6) is 0 Å². The highest BCUT2D eigenvalue weighted by Gasteiger charge is 2.53. The standard InChI is InChI=1S/C31H27ClN2O5/c1-18(21-5-2-3-8-26(21)32)38-30(37)34-27-17-33-39-28(27)20-11-9-19(10-12-20)22-13-14-25(24-7-4-6-23(22)24)31(15-16-31)29(35)36/h2-3,5,8-14,17-18H,4,6-7,15-16H2,1H3,(H,34,37)(H,35,36). The Morgan fingerprint density at radius 2 is 1.74 bits per heavy atom. The minimum atomic E-state index is -0.715. The number of carboxylic acid groups (broad SMARTS) is 1. The Kier molecular flexibility index (Phi) is 6.39. The number of nitrogens with zero attached hydrogens (tertiary/aromatic N) is 1. The summed E-state index contributed by atoms with van der Waals surface area (Å²) in [5.41, 5.74) is 6.81. The third-order valence-electron chi connectivity index (χ3n) is 7.85. The average Bonchev–Trinajstić information content (AvgIpc) is 3.36. The van der Waals surface area contributed by atoms with Crippen molar-refractivity contribution in [3.8, 4) is 22.5 Å². The highest BCUT2D eigenvalue weighted by molar-refractivity contribution is 6.31. The summed E-state index contributed by atoms with van der Waals surface area (Å²) in [7, 11) is 0. The van der Waals surface area contributed by atoms with Crippen molar-refractivity contribution in [1.29, 1.82) is 0 Å². The van der Waals surface area contributed by atoms with Crippen LogP contribution in [0.15, 0.2) is 71.4 Å². The first-order valence-electron chi connectivity index (χ1n) is 13.0. The van der Waals surface area contributed by atoms with Gasteiger partial charge in [0.05, 0.1) is 11.6 Å². The number of rotatable bonds is 7. The van der Waals surface area contributed by atoms with Crippen LogP contribution in [0.2, 0.25) is 5.02 Å². The molecule has 1 unspecified atom stereocenters. The molecule has 0 spiro atoms. The maximum Gasteiger partial charge on any atom is 0.412 e. The predicted octanol–water partition coefficient (Wildman–Crippen LogP) is 7.58. The quantitative estimate of drug-likeness (QED) is 0.249. The topological polar surface area (TPSA) is 102 Å². The molecule has 2 aliphatic carbocycles. The number of aliphatic carboxylic acids is 1. The molecule has 6 rings (SSSR count). The first kappa shape index (κ1) is 25.2. The molecule has 0 bridgehead atoms. The Morgan fingerprint density at radius 1 is 1.03 bits per heavy atom. The summed E-state index contributed by atoms with van der Waals surface area (Å²) in [4.78, 5) is 24.6. The van der Waals surface area contributed by atoms with E-state index in [2.05, 4.69) is 16.5 Å². The first-order chi connectivity index (χ1) is 18.9. The van der Waals surface area contributed by atoms with Crippen molar-refractivity contribution in [3.63, 3.8) is 0 Å². The van der Waals surface area contributed by atoms with Gasteiger partial charge in [-0.25, -0.2) is 4.79 Å². The van der Waals surface area contributed by atoms with Crippen LogP contribution in [0.25, 0.3) is 22.5 Å². The van der Waals surface area contributed by atoms with Crippen molar-refractivity contribution in [2.45, 2.75) is 50.5 Å². The van der Waals surface area contributed by atoms with E-state index in [-0.39, 0.29) is 0 Å². The van der Waals surface area contributed by atoms with Crippen molar-refractivity contribution in [2.24, 2.45) is 0 Å². The number of nitrogens with one attached hydrogen (secondary N) is 1. The number of amides is 1. The lowest BCUT2D eigenvalue weighted by Crippen LogP contribution is -2.21. The molecule has 1 amide bonds. The maximum absolute atomic E-state index is 12.6. The van der Waals surface area contributed by atoms with Crippen LogP contribution in [-0.4, -0.2) is 22.3 Å². The second-order valence-electron chi connectivity index (χ2n) is 10.2.